The van der Waals surface area contributed by atoms with E-state index in [1.54, 1.807) is 12.1 Å². The minimum atomic E-state index is -0.283. The van der Waals surface area contributed by atoms with Crippen molar-refractivity contribution < 1.29 is 14.1 Å². The Hall–Kier alpha value is -2.65. The van der Waals surface area contributed by atoms with Crippen LogP contribution >= 0.6 is 0 Å². The number of nitrogens with one attached hydrogen (secondary N) is 2. The minimum absolute atomic E-state index is 0.0811. The molecule has 5 nitrogen and oxygen atoms in total. The van der Waals surface area contributed by atoms with Crippen LogP contribution in [0.2, 0.25) is 0 Å². The predicted octanol–water partition coefficient (Wildman–Crippen LogP) is 2.95. The van der Waals surface area contributed by atoms with Gasteiger partial charge in [-0.3, -0.25) is 4.79 Å². The molecule has 1 aliphatic rings. The molecule has 1 aromatic heterocycles. The van der Waals surface area contributed by atoms with Gasteiger partial charge in [0.15, 0.2) is 6.54 Å². The summed E-state index contributed by atoms with van der Waals surface area (Å²) in [6.45, 7) is 4.68. The van der Waals surface area contributed by atoms with Gasteiger partial charge in [0.1, 0.15) is 17.7 Å². The highest BCUT2D eigenvalue weighted by molar-refractivity contribution is 5.92. The Bertz CT molecular complexity index is 904. The quantitative estimate of drug-likeness (QED) is 0.787. The molecule has 1 fully saturated rings. The van der Waals surface area contributed by atoms with E-state index in [-0.39, 0.29) is 11.7 Å². The van der Waals surface area contributed by atoms with Crippen LogP contribution in [0.1, 0.15) is 54.5 Å². The van der Waals surface area contributed by atoms with Crippen LogP contribution in [0.5, 0.6) is 0 Å². The van der Waals surface area contributed by atoms with Gasteiger partial charge >= 0.3 is 0 Å². The maximum Gasteiger partial charge on any atom is 0.280 e. The van der Waals surface area contributed by atoms with Crippen LogP contribution in [0.25, 0.3) is 0 Å². The monoisotopic (exact) mass is 397 g/mol. The molecule has 0 spiro atoms. The average Bonchev–Trinajstić information content (AvgIpc) is 2.94. The highest BCUT2D eigenvalue weighted by atomic mass is 19.1. The number of carbonyl (C=O) groups excluding carboxylic acids is 1. The molecular weight excluding hydrogens is 367 g/mol. The van der Waals surface area contributed by atoms with Crippen molar-refractivity contribution in [3.63, 3.8) is 0 Å². The first-order chi connectivity index (χ1) is 13.9. The molecule has 29 heavy (non-hydrogen) atoms. The van der Waals surface area contributed by atoms with Crippen molar-refractivity contribution in [3.05, 3.63) is 52.5 Å². The Labute approximate surface area is 172 Å². The average molecular weight is 398 g/mol. The number of quaternary nitrogens is 1. The summed E-state index contributed by atoms with van der Waals surface area (Å²) in [6, 6.07) is 9.06. The zero-order valence-corrected chi connectivity index (χ0v) is 17.5. The first-order valence-electron chi connectivity index (χ1n) is 10.4. The normalized spacial score (nSPS) is 15.7. The summed E-state index contributed by atoms with van der Waals surface area (Å²) in [6.07, 6.45) is 6.10. The van der Waals surface area contributed by atoms with E-state index >= 15 is 0 Å². The Morgan fingerprint density at radius 3 is 2.52 bits per heavy atom. The minimum Gasteiger partial charge on any atom is -0.327 e. The van der Waals surface area contributed by atoms with Crippen molar-refractivity contribution in [2.45, 2.75) is 58.5 Å². The van der Waals surface area contributed by atoms with Crippen molar-refractivity contribution in [2.24, 2.45) is 0 Å². The number of amides is 1. The van der Waals surface area contributed by atoms with Crippen LogP contribution in [0, 0.1) is 31.0 Å². The number of halogens is 1. The molecule has 1 aliphatic carbocycles. The fourth-order valence-electron chi connectivity index (χ4n) is 4.27. The van der Waals surface area contributed by atoms with Crippen molar-refractivity contribution in [2.75, 3.05) is 18.9 Å². The van der Waals surface area contributed by atoms with Crippen LogP contribution in [0.15, 0.2) is 24.3 Å². The van der Waals surface area contributed by atoms with Gasteiger partial charge in [-0.2, -0.15) is 5.26 Å². The number of nitriles is 1. The number of anilines is 1. The third-order valence-electron chi connectivity index (χ3n) is 6.19. The van der Waals surface area contributed by atoms with Crippen LogP contribution in [0.4, 0.5) is 10.2 Å². The van der Waals surface area contributed by atoms with Gasteiger partial charge in [-0.25, -0.2) is 4.39 Å². The van der Waals surface area contributed by atoms with Crippen molar-refractivity contribution >= 4 is 11.7 Å². The molecule has 0 aliphatic heterocycles. The van der Waals surface area contributed by atoms with Crippen LogP contribution in [0.3, 0.4) is 0 Å². The lowest BCUT2D eigenvalue weighted by Crippen LogP contribution is -3.14. The number of benzene rings is 1. The van der Waals surface area contributed by atoms with Crippen LogP contribution in [-0.2, 0) is 11.3 Å². The number of carbonyl (C=O) groups is 1. The summed E-state index contributed by atoms with van der Waals surface area (Å²) < 4.78 is 15.2. The van der Waals surface area contributed by atoms with E-state index < -0.39 is 0 Å². The molecule has 2 N–H and O–H groups in total. The van der Waals surface area contributed by atoms with E-state index in [4.69, 9.17) is 0 Å². The molecule has 6 heteroatoms. The summed E-state index contributed by atoms with van der Waals surface area (Å²) in [5, 5.41) is 12.7. The summed E-state index contributed by atoms with van der Waals surface area (Å²) >= 11 is 0. The molecule has 1 saturated carbocycles. The molecule has 0 saturated heterocycles. The van der Waals surface area contributed by atoms with Gasteiger partial charge in [0, 0.05) is 12.2 Å². The molecule has 1 unspecified atom stereocenters. The van der Waals surface area contributed by atoms with Gasteiger partial charge in [-0.15, -0.1) is 0 Å². The zero-order valence-electron chi connectivity index (χ0n) is 17.5. The molecule has 1 aromatic carbocycles. The molecule has 0 radical (unpaired) electrons. The standard InChI is InChI=1S/C23H29FN4O/c1-16-17(2)28(14-18-9-11-19(24)12-10-18)23(21(16)13-25)26-22(29)15-27(3)20-7-5-4-6-8-20/h9-12,20H,4-8,14-15H2,1-3H3,(H,26,29)/p+1. The highest BCUT2D eigenvalue weighted by Gasteiger charge is 2.25. The smallest absolute Gasteiger partial charge is 0.280 e. The Morgan fingerprint density at radius 1 is 1.24 bits per heavy atom. The second-order valence-corrected chi connectivity index (χ2v) is 8.16. The number of hydrogen-bond acceptors (Lipinski definition) is 2. The van der Waals surface area contributed by atoms with Gasteiger partial charge in [0.25, 0.3) is 5.91 Å². The molecule has 1 amide bonds. The van der Waals surface area contributed by atoms with Crippen molar-refractivity contribution in [3.8, 4) is 6.07 Å². The third kappa shape index (κ3) is 4.86. The van der Waals surface area contributed by atoms with E-state index in [1.807, 2.05) is 18.4 Å². The number of rotatable bonds is 6. The van der Waals surface area contributed by atoms with Crippen LogP contribution < -0.4 is 10.2 Å². The summed E-state index contributed by atoms with van der Waals surface area (Å²) in [5.74, 6) is 0.171. The Morgan fingerprint density at radius 2 is 1.90 bits per heavy atom. The van der Waals surface area contributed by atoms with Crippen LogP contribution in [-0.4, -0.2) is 30.1 Å². The molecule has 0 bridgehead atoms. The fraction of sp³-hybridized carbons (Fsp3) is 0.478. The molecule has 2 aromatic rings. The second kappa shape index (κ2) is 9.23. The van der Waals surface area contributed by atoms with E-state index in [1.165, 1.54) is 49.1 Å². The van der Waals surface area contributed by atoms with Gasteiger partial charge in [0.05, 0.1) is 18.7 Å². The van der Waals surface area contributed by atoms with E-state index in [0.29, 0.717) is 30.5 Å². The summed E-state index contributed by atoms with van der Waals surface area (Å²) in [4.78, 5) is 14.0. The third-order valence-corrected chi connectivity index (χ3v) is 6.19. The lowest BCUT2D eigenvalue weighted by atomic mass is 9.94. The Kier molecular flexibility index (Phi) is 6.71. The topological polar surface area (TPSA) is 62.3 Å². The number of likely N-dealkylation sites (N-methyl/N-ethyl adjacent to an activating group) is 1. The van der Waals surface area contributed by atoms with E-state index in [0.717, 1.165) is 16.8 Å². The van der Waals surface area contributed by atoms with Crippen molar-refractivity contribution in [1.82, 2.24) is 4.57 Å². The number of nitrogens with zero attached hydrogens (tertiary/aromatic N) is 2. The maximum atomic E-state index is 13.2. The predicted molar refractivity (Wildman–Crippen MR) is 111 cm³/mol. The van der Waals surface area contributed by atoms with E-state index in [2.05, 4.69) is 18.4 Å². The SMILES string of the molecule is Cc1c(C#N)c(NC(=O)C[NH+](C)C2CCCCC2)n(Cc2ccc(F)cc2)c1C. The summed E-state index contributed by atoms with van der Waals surface area (Å²) in [5.41, 5.74) is 3.19. The molecule has 154 valence electrons. The lowest BCUT2D eigenvalue weighted by molar-refractivity contribution is -0.899. The first-order valence-corrected chi connectivity index (χ1v) is 10.4. The zero-order chi connectivity index (χ0) is 21.0. The first kappa shape index (κ1) is 21.1. The Balaban J connectivity index is 1.79. The van der Waals surface area contributed by atoms with Gasteiger partial charge < -0.3 is 14.8 Å². The van der Waals surface area contributed by atoms with E-state index in [9.17, 15) is 14.4 Å². The fourth-order valence-corrected chi connectivity index (χ4v) is 4.27. The maximum absolute atomic E-state index is 13.2. The summed E-state index contributed by atoms with van der Waals surface area (Å²) in [7, 11) is 2.08. The van der Waals surface area contributed by atoms with Gasteiger partial charge in [-0.05, 0) is 62.8 Å². The molecule has 3 rings (SSSR count). The number of hydrogen-bond donors (Lipinski definition) is 2. The van der Waals surface area contributed by atoms with Gasteiger partial charge in [-0.1, -0.05) is 18.6 Å². The lowest BCUT2D eigenvalue weighted by Gasteiger charge is -2.27. The second-order valence-electron chi connectivity index (χ2n) is 8.16. The van der Waals surface area contributed by atoms with Crippen molar-refractivity contribution in [1.29, 1.82) is 5.26 Å². The molecule has 1 heterocycles. The van der Waals surface area contributed by atoms with Gasteiger partial charge in [0.2, 0.25) is 0 Å². The molecular formula is C23H30FN4O+. The highest BCUT2D eigenvalue weighted by Crippen LogP contribution is 2.27. The largest absolute Gasteiger partial charge is 0.327 e. The molecule has 1 atom stereocenters. The number of aromatic nitrogens is 1.